The van der Waals surface area contributed by atoms with Crippen molar-refractivity contribution in [2.45, 2.75) is 32.5 Å². The lowest BCUT2D eigenvalue weighted by atomic mass is 10.1. The standard InChI is InChI=1S/C23H25N3O3S/c1-4-25(13-18-6-8-20-21(12-18)29-15-28-20)22(27)14-30-23-24-9-10-26(23)19-7-5-16(2)11-17(19)3/h5-12H,4,13-15H2,1-3H3. The lowest BCUT2D eigenvalue weighted by Crippen LogP contribution is -2.31. The average Bonchev–Trinajstić information content (AvgIpc) is 3.39. The van der Waals surface area contributed by atoms with E-state index >= 15 is 0 Å². The summed E-state index contributed by atoms with van der Waals surface area (Å²) in [5.41, 5.74) is 4.51. The van der Waals surface area contributed by atoms with Crippen molar-refractivity contribution >= 4 is 17.7 Å². The number of hydrogen-bond acceptors (Lipinski definition) is 5. The molecule has 0 bridgehead atoms. The molecular weight excluding hydrogens is 398 g/mol. The van der Waals surface area contributed by atoms with Crippen molar-refractivity contribution in [3.05, 3.63) is 65.5 Å². The fourth-order valence-corrected chi connectivity index (χ4v) is 4.38. The average molecular weight is 424 g/mol. The van der Waals surface area contributed by atoms with E-state index < -0.39 is 0 Å². The number of thioether (sulfide) groups is 1. The van der Waals surface area contributed by atoms with Crippen molar-refractivity contribution < 1.29 is 14.3 Å². The molecule has 0 atom stereocenters. The molecule has 7 heteroatoms. The van der Waals surface area contributed by atoms with Crippen LogP contribution in [0.1, 0.15) is 23.6 Å². The Bertz CT molecular complexity index is 1060. The second-order valence-corrected chi connectivity index (χ2v) is 8.20. The highest BCUT2D eigenvalue weighted by Crippen LogP contribution is 2.33. The molecule has 0 fully saturated rings. The summed E-state index contributed by atoms with van der Waals surface area (Å²) >= 11 is 1.46. The van der Waals surface area contributed by atoms with E-state index in [0.29, 0.717) is 18.8 Å². The first-order valence-corrected chi connectivity index (χ1v) is 10.9. The monoisotopic (exact) mass is 423 g/mol. The van der Waals surface area contributed by atoms with Crippen molar-refractivity contribution in [1.29, 1.82) is 0 Å². The van der Waals surface area contributed by atoms with Gasteiger partial charge in [-0.3, -0.25) is 9.36 Å². The lowest BCUT2D eigenvalue weighted by molar-refractivity contribution is -0.128. The first-order valence-electron chi connectivity index (χ1n) is 9.95. The molecule has 2 heterocycles. The van der Waals surface area contributed by atoms with E-state index in [-0.39, 0.29) is 12.7 Å². The van der Waals surface area contributed by atoms with Crippen molar-refractivity contribution in [3.63, 3.8) is 0 Å². The summed E-state index contributed by atoms with van der Waals surface area (Å²) in [5, 5.41) is 0.814. The molecule has 0 N–H and O–H groups in total. The molecule has 0 spiro atoms. The number of ether oxygens (including phenoxy) is 2. The molecule has 1 amide bonds. The molecule has 0 unspecified atom stereocenters. The van der Waals surface area contributed by atoms with Crippen molar-refractivity contribution in [2.75, 3.05) is 19.1 Å². The zero-order valence-electron chi connectivity index (χ0n) is 17.4. The Morgan fingerprint density at radius 3 is 2.80 bits per heavy atom. The zero-order valence-corrected chi connectivity index (χ0v) is 18.2. The molecule has 0 saturated carbocycles. The Balaban J connectivity index is 1.42. The molecule has 0 aliphatic carbocycles. The summed E-state index contributed by atoms with van der Waals surface area (Å²) < 4.78 is 12.8. The van der Waals surface area contributed by atoms with E-state index in [1.54, 1.807) is 6.20 Å². The quantitative estimate of drug-likeness (QED) is 0.529. The molecule has 30 heavy (non-hydrogen) atoms. The fraction of sp³-hybridized carbons (Fsp3) is 0.304. The highest BCUT2D eigenvalue weighted by Gasteiger charge is 2.18. The summed E-state index contributed by atoms with van der Waals surface area (Å²) in [6, 6.07) is 12.1. The molecule has 3 aromatic rings. The maximum absolute atomic E-state index is 12.9. The van der Waals surface area contributed by atoms with Gasteiger partial charge < -0.3 is 14.4 Å². The Morgan fingerprint density at radius 2 is 2.00 bits per heavy atom. The van der Waals surface area contributed by atoms with Crippen LogP contribution >= 0.6 is 11.8 Å². The van der Waals surface area contributed by atoms with E-state index in [4.69, 9.17) is 9.47 Å². The molecule has 1 aliphatic heterocycles. The van der Waals surface area contributed by atoms with Crippen LogP contribution in [0.15, 0.2) is 53.9 Å². The predicted molar refractivity (Wildman–Crippen MR) is 117 cm³/mol. The molecular formula is C23H25N3O3S. The summed E-state index contributed by atoms with van der Waals surface area (Å²) in [5.74, 6) is 1.90. The number of rotatable bonds is 7. The maximum atomic E-state index is 12.9. The first-order chi connectivity index (χ1) is 14.5. The SMILES string of the molecule is CCN(Cc1ccc2c(c1)OCO2)C(=O)CSc1nccn1-c1ccc(C)cc1C. The minimum absolute atomic E-state index is 0.0790. The maximum Gasteiger partial charge on any atom is 0.233 e. The van der Waals surface area contributed by atoms with Crippen LogP contribution in [0.5, 0.6) is 11.5 Å². The fourth-order valence-electron chi connectivity index (χ4n) is 3.51. The van der Waals surface area contributed by atoms with Crippen LogP contribution in [0.4, 0.5) is 0 Å². The van der Waals surface area contributed by atoms with Gasteiger partial charge in [0.15, 0.2) is 16.7 Å². The lowest BCUT2D eigenvalue weighted by Gasteiger charge is -2.21. The van der Waals surface area contributed by atoms with E-state index in [1.165, 1.54) is 22.9 Å². The summed E-state index contributed by atoms with van der Waals surface area (Å²) in [7, 11) is 0. The molecule has 6 nitrogen and oxygen atoms in total. The van der Waals surface area contributed by atoms with Crippen molar-refractivity contribution in [1.82, 2.24) is 14.5 Å². The third-order valence-electron chi connectivity index (χ3n) is 5.09. The number of hydrogen-bond donors (Lipinski definition) is 0. The zero-order chi connectivity index (χ0) is 21.1. The van der Waals surface area contributed by atoms with Crippen molar-refractivity contribution in [2.24, 2.45) is 0 Å². The van der Waals surface area contributed by atoms with Crippen LogP contribution in [0.25, 0.3) is 5.69 Å². The molecule has 156 valence electrons. The molecule has 2 aromatic carbocycles. The molecule has 1 aliphatic rings. The number of imidazole rings is 1. The number of amides is 1. The Kier molecular flexibility index (Phi) is 5.99. The van der Waals surface area contributed by atoms with E-state index in [1.807, 2.05) is 40.8 Å². The topological polar surface area (TPSA) is 56.6 Å². The molecule has 0 radical (unpaired) electrons. The van der Waals surface area contributed by atoms with Crippen LogP contribution in [0.3, 0.4) is 0 Å². The predicted octanol–water partition coefficient (Wildman–Crippen LogP) is 4.36. The smallest absolute Gasteiger partial charge is 0.233 e. The minimum atomic E-state index is 0.0790. The van der Waals surface area contributed by atoms with Gasteiger partial charge in [0, 0.05) is 25.5 Å². The van der Waals surface area contributed by atoms with Crippen LogP contribution in [0.2, 0.25) is 0 Å². The van der Waals surface area contributed by atoms with Gasteiger partial charge in [0.1, 0.15) is 0 Å². The van der Waals surface area contributed by atoms with Crippen LogP contribution in [-0.4, -0.2) is 39.4 Å². The van der Waals surface area contributed by atoms with Crippen LogP contribution in [-0.2, 0) is 11.3 Å². The van der Waals surface area contributed by atoms with Gasteiger partial charge in [-0.1, -0.05) is 35.5 Å². The largest absolute Gasteiger partial charge is 0.454 e. The Labute approximate surface area is 180 Å². The van der Waals surface area contributed by atoms with E-state index in [0.717, 1.165) is 27.9 Å². The molecule has 4 rings (SSSR count). The number of benzene rings is 2. The summed E-state index contributed by atoms with van der Waals surface area (Å²) in [6.45, 7) is 7.59. The van der Waals surface area contributed by atoms with E-state index in [2.05, 4.69) is 37.0 Å². The van der Waals surface area contributed by atoms with Gasteiger partial charge in [-0.05, 0) is 50.1 Å². The van der Waals surface area contributed by atoms with Gasteiger partial charge in [-0.15, -0.1) is 0 Å². The number of carbonyl (C=O) groups is 1. The number of aryl methyl sites for hydroxylation is 2. The highest BCUT2D eigenvalue weighted by molar-refractivity contribution is 7.99. The van der Waals surface area contributed by atoms with Crippen molar-refractivity contribution in [3.8, 4) is 17.2 Å². The highest BCUT2D eigenvalue weighted by atomic mass is 32.2. The van der Waals surface area contributed by atoms with E-state index in [9.17, 15) is 4.79 Å². The van der Waals surface area contributed by atoms with Gasteiger partial charge >= 0.3 is 0 Å². The van der Waals surface area contributed by atoms with Gasteiger partial charge in [0.2, 0.25) is 12.7 Å². The first kappa shape index (κ1) is 20.3. The normalized spacial score (nSPS) is 12.2. The van der Waals surface area contributed by atoms with Crippen LogP contribution < -0.4 is 9.47 Å². The number of fused-ring (bicyclic) bond motifs is 1. The molecule has 1 aromatic heterocycles. The summed E-state index contributed by atoms with van der Waals surface area (Å²) in [4.78, 5) is 19.2. The Hall–Kier alpha value is -2.93. The number of aromatic nitrogens is 2. The number of carbonyl (C=O) groups excluding carboxylic acids is 1. The van der Waals surface area contributed by atoms with Gasteiger partial charge in [0.05, 0.1) is 11.4 Å². The third-order valence-corrected chi connectivity index (χ3v) is 6.04. The van der Waals surface area contributed by atoms with Gasteiger partial charge in [-0.2, -0.15) is 0 Å². The second kappa shape index (κ2) is 8.83. The number of nitrogens with zero attached hydrogens (tertiary/aromatic N) is 3. The second-order valence-electron chi connectivity index (χ2n) is 7.25. The molecule has 0 saturated heterocycles. The summed E-state index contributed by atoms with van der Waals surface area (Å²) in [6.07, 6.45) is 3.71. The third kappa shape index (κ3) is 4.31. The van der Waals surface area contributed by atoms with Gasteiger partial charge in [-0.25, -0.2) is 4.98 Å². The Morgan fingerprint density at radius 1 is 1.17 bits per heavy atom. The van der Waals surface area contributed by atoms with Crippen LogP contribution in [0, 0.1) is 13.8 Å². The van der Waals surface area contributed by atoms with Gasteiger partial charge in [0.25, 0.3) is 0 Å². The minimum Gasteiger partial charge on any atom is -0.454 e.